The summed E-state index contributed by atoms with van der Waals surface area (Å²) in [6.07, 6.45) is 6.93. The lowest BCUT2D eigenvalue weighted by atomic mass is 9.91. The van der Waals surface area contributed by atoms with Gasteiger partial charge in [-0.2, -0.15) is 4.98 Å². The summed E-state index contributed by atoms with van der Waals surface area (Å²) >= 11 is 0. The van der Waals surface area contributed by atoms with Gasteiger partial charge in [0.2, 0.25) is 5.95 Å². The van der Waals surface area contributed by atoms with Crippen LogP contribution in [0.15, 0.2) is 29.4 Å². The molecule has 2 fully saturated rings. The second kappa shape index (κ2) is 8.91. The van der Waals surface area contributed by atoms with Crippen LogP contribution in [0.2, 0.25) is 0 Å². The molecule has 0 saturated carbocycles. The fraction of sp³-hybridized carbons (Fsp3) is 0.440. The Morgan fingerprint density at radius 1 is 1.31 bits per heavy atom. The summed E-state index contributed by atoms with van der Waals surface area (Å²) in [5.41, 5.74) is 10.7. The van der Waals surface area contributed by atoms with Crippen molar-refractivity contribution in [2.75, 3.05) is 37.4 Å². The predicted octanol–water partition coefficient (Wildman–Crippen LogP) is 3.02. The maximum Gasteiger partial charge on any atom is 0.243 e. The number of nitrogens with one attached hydrogen (secondary N) is 1. The highest BCUT2D eigenvalue weighted by Gasteiger charge is 2.46. The summed E-state index contributed by atoms with van der Waals surface area (Å²) in [6.45, 7) is 7.62. The van der Waals surface area contributed by atoms with E-state index < -0.39 is 17.8 Å². The molecule has 9 nitrogen and oxygen atoms in total. The number of nitrogens with zero attached hydrogens (tertiary/aromatic N) is 6. The van der Waals surface area contributed by atoms with E-state index in [1.807, 2.05) is 43.9 Å². The Morgan fingerprint density at radius 2 is 2.11 bits per heavy atom. The predicted molar refractivity (Wildman–Crippen MR) is 135 cm³/mol. The number of terminal acetylenes is 1. The summed E-state index contributed by atoms with van der Waals surface area (Å²) < 4.78 is 22.0. The molecule has 5 heterocycles. The first-order chi connectivity index (χ1) is 16.8. The van der Waals surface area contributed by atoms with E-state index in [0.29, 0.717) is 37.5 Å². The fourth-order valence-corrected chi connectivity index (χ4v) is 4.66. The van der Waals surface area contributed by atoms with Gasteiger partial charge in [-0.25, -0.2) is 8.91 Å². The molecular weight excluding hydrogens is 447 g/mol. The quantitative estimate of drug-likeness (QED) is 0.431. The number of anilines is 2. The van der Waals surface area contributed by atoms with Crippen LogP contribution in [0, 0.1) is 19.3 Å². The van der Waals surface area contributed by atoms with E-state index >= 15 is 4.39 Å². The van der Waals surface area contributed by atoms with Gasteiger partial charge in [0, 0.05) is 30.6 Å². The fourth-order valence-electron chi connectivity index (χ4n) is 4.66. The van der Waals surface area contributed by atoms with Gasteiger partial charge >= 0.3 is 0 Å². The van der Waals surface area contributed by atoms with Crippen molar-refractivity contribution in [3.63, 3.8) is 0 Å². The smallest absolute Gasteiger partial charge is 0.243 e. The summed E-state index contributed by atoms with van der Waals surface area (Å²) in [5, 5.41) is 7.67. The highest BCUT2D eigenvalue weighted by molar-refractivity contribution is 5.87. The maximum atomic E-state index is 15.1. The van der Waals surface area contributed by atoms with Crippen LogP contribution < -0.4 is 11.1 Å². The Labute approximate surface area is 203 Å². The van der Waals surface area contributed by atoms with Crippen molar-refractivity contribution in [2.24, 2.45) is 4.99 Å². The first kappa shape index (κ1) is 23.2. The first-order valence-electron chi connectivity index (χ1n) is 11.7. The largest absolute Gasteiger partial charge is 0.382 e. The van der Waals surface area contributed by atoms with Crippen LogP contribution in [0.3, 0.4) is 0 Å². The minimum Gasteiger partial charge on any atom is -0.382 e. The van der Waals surface area contributed by atoms with Crippen molar-refractivity contribution in [3.05, 3.63) is 30.1 Å². The van der Waals surface area contributed by atoms with Gasteiger partial charge in [-0.05, 0) is 45.4 Å². The molecule has 3 aromatic rings. The Kier molecular flexibility index (Phi) is 5.91. The van der Waals surface area contributed by atoms with Crippen molar-refractivity contribution in [3.8, 4) is 23.6 Å². The number of ether oxygens (including phenoxy) is 1. The van der Waals surface area contributed by atoms with Gasteiger partial charge in [-0.3, -0.25) is 14.9 Å². The molecule has 3 aromatic heterocycles. The molecule has 0 bridgehead atoms. The molecule has 0 aliphatic carbocycles. The van der Waals surface area contributed by atoms with Crippen LogP contribution in [0.4, 0.5) is 21.8 Å². The average molecular weight is 477 g/mol. The number of piperidine rings is 1. The molecule has 5 rings (SSSR count). The zero-order valence-corrected chi connectivity index (χ0v) is 20.1. The topological polar surface area (TPSA) is 106 Å². The van der Waals surface area contributed by atoms with Crippen molar-refractivity contribution in [2.45, 2.75) is 44.9 Å². The number of likely N-dealkylation sites (tertiary alicyclic amines) is 1. The number of rotatable bonds is 5. The molecule has 0 spiro atoms. The Hall–Kier alpha value is -3.55. The monoisotopic (exact) mass is 476 g/mol. The van der Waals surface area contributed by atoms with E-state index in [1.165, 1.54) is 0 Å². The molecule has 2 aliphatic rings. The van der Waals surface area contributed by atoms with E-state index in [-0.39, 0.29) is 12.5 Å². The van der Waals surface area contributed by atoms with Crippen LogP contribution in [-0.4, -0.2) is 74.2 Å². The molecule has 2 aliphatic heterocycles. The molecule has 2 unspecified atom stereocenters. The first-order valence-corrected chi connectivity index (χ1v) is 11.7. The van der Waals surface area contributed by atoms with Crippen LogP contribution in [0.5, 0.6) is 0 Å². The van der Waals surface area contributed by atoms with Gasteiger partial charge in [-0.15, -0.1) is 11.5 Å². The Morgan fingerprint density at radius 3 is 2.74 bits per heavy atom. The number of nitrogens with two attached hydrogens (primary N) is 1. The van der Waals surface area contributed by atoms with E-state index in [2.05, 4.69) is 26.3 Å². The molecule has 2 saturated heterocycles. The SMILES string of the molecule is C#CC1(N2CCC(Nc3nc(N)c4c(-c5ccc(N=C(C)C)c(C)n5)ccn4n3)C(F)C2)COC1. The van der Waals surface area contributed by atoms with Gasteiger partial charge in [0.25, 0.3) is 0 Å². The summed E-state index contributed by atoms with van der Waals surface area (Å²) in [4.78, 5) is 15.6. The molecule has 0 radical (unpaired) electrons. The van der Waals surface area contributed by atoms with Gasteiger partial charge in [-0.1, -0.05) is 5.92 Å². The lowest BCUT2D eigenvalue weighted by Crippen LogP contribution is -2.65. The lowest BCUT2D eigenvalue weighted by molar-refractivity contribution is -0.120. The Balaban J connectivity index is 1.35. The number of aliphatic imine (C=N–C) groups is 1. The van der Waals surface area contributed by atoms with E-state index in [9.17, 15) is 0 Å². The zero-order valence-electron chi connectivity index (χ0n) is 20.1. The third-order valence-electron chi connectivity index (χ3n) is 6.63. The molecule has 182 valence electrons. The number of hydrogen-bond donors (Lipinski definition) is 2. The van der Waals surface area contributed by atoms with Gasteiger partial charge in [0.15, 0.2) is 5.82 Å². The van der Waals surface area contributed by atoms with E-state index in [0.717, 1.165) is 28.4 Å². The van der Waals surface area contributed by atoms with Crippen molar-refractivity contribution >= 4 is 28.7 Å². The molecule has 2 atom stereocenters. The second-order valence-corrected chi connectivity index (χ2v) is 9.37. The van der Waals surface area contributed by atoms with E-state index in [4.69, 9.17) is 21.9 Å². The third-order valence-corrected chi connectivity index (χ3v) is 6.63. The number of nitrogen functional groups attached to an aromatic ring is 1. The minimum absolute atomic E-state index is 0.235. The lowest BCUT2D eigenvalue weighted by Gasteiger charge is -2.49. The number of aryl methyl sites for hydroxylation is 1. The summed E-state index contributed by atoms with van der Waals surface area (Å²) in [7, 11) is 0. The van der Waals surface area contributed by atoms with Gasteiger partial charge in [0.05, 0.1) is 36.3 Å². The number of alkyl halides is 1. The van der Waals surface area contributed by atoms with Crippen molar-refractivity contribution in [1.82, 2.24) is 24.5 Å². The molecule has 0 amide bonds. The van der Waals surface area contributed by atoms with Crippen molar-refractivity contribution in [1.29, 1.82) is 0 Å². The van der Waals surface area contributed by atoms with E-state index in [1.54, 1.807) is 10.7 Å². The number of fused-ring (bicyclic) bond motifs is 1. The molecule has 35 heavy (non-hydrogen) atoms. The number of halogens is 1. The van der Waals surface area contributed by atoms with Gasteiger partial charge < -0.3 is 15.8 Å². The van der Waals surface area contributed by atoms with Crippen LogP contribution in [0.25, 0.3) is 16.8 Å². The minimum atomic E-state index is -1.13. The number of aromatic nitrogens is 4. The third kappa shape index (κ3) is 4.22. The normalized spacial score (nSPS) is 21.8. The zero-order chi connectivity index (χ0) is 24.7. The molecular formula is C25H29FN8O. The standard InChI is InChI=1S/C25H29FN8O/c1-5-25(13-35-14-25)33-10-9-21(18(26)12-33)30-24-31-23(27)22-17(8-11-34(22)32-24)20-7-6-19(16(4)29-20)28-15(2)3/h1,6-8,11,18,21H,9-10,12-14H2,2-4H3,(H3,27,30,31,32). The highest BCUT2D eigenvalue weighted by Crippen LogP contribution is 2.32. The van der Waals surface area contributed by atoms with Crippen molar-refractivity contribution < 1.29 is 9.13 Å². The average Bonchev–Trinajstić information content (AvgIpc) is 3.21. The molecule has 0 aromatic carbocycles. The van der Waals surface area contributed by atoms with Crippen LogP contribution in [0.1, 0.15) is 26.0 Å². The molecule has 10 heteroatoms. The molecule has 3 N–H and O–H groups in total. The summed E-state index contributed by atoms with van der Waals surface area (Å²) in [5.74, 6) is 3.36. The number of hydrogen-bond acceptors (Lipinski definition) is 8. The summed E-state index contributed by atoms with van der Waals surface area (Å²) in [6, 6.07) is 5.31. The Bertz CT molecular complexity index is 1340. The maximum absolute atomic E-state index is 15.1. The van der Waals surface area contributed by atoms with Crippen LogP contribution in [-0.2, 0) is 4.74 Å². The van der Waals surface area contributed by atoms with Gasteiger partial charge in [0.1, 0.15) is 17.2 Å². The number of pyridine rings is 1. The highest BCUT2D eigenvalue weighted by atomic mass is 19.1. The second-order valence-electron chi connectivity index (χ2n) is 9.37. The van der Waals surface area contributed by atoms with Crippen LogP contribution >= 0.6 is 0 Å².